The Morgan fingerprint density at radius 1 is 1.33 bits per heavy atom. The van der Waals surface area contributed by atoms with E-state index in [1.165, 1.54) is 4.68 Å². The van der Waals surface area contributed by atoms with Crippen LogP contribution in [-0.4, -0.2) is 38.8 Å². The van der Waals surface area contributed by atoms with Gasteiger partial charge in [-0.15, -0.1) is 0 Å². The molecule has 0 atom stereocenters. The van der Waals surface area contributed by atoms with Crippen molar-refractivity contribution in [1.29, 1.82) is 5.26 Å². The van der Waals surface area contributed by atoms with Crippen LogP contribution >= 0.6 is 15.9 Å². The van der Waals surface area contributed by atoms with Gasteiger partial charge >= 0.3 is 6.09 Å². The van der Waals surface area contributed by atoms with E-state index in [4.69, 9.17) is 15.7 Å². The molecular formula is C24H22BrN5O3. The number of hydrogen-bond donors (Lipinski definition) is 1. The summed E-state index contributed by atoms with van der Waals surface area (Å²) in [6.07, 6.45) is -0.571. The standard InChI is InChI=1S/C24H22BrN5O3/c1-13(10-26)11-29-12-17-15(6-7-18(27)20(17)22(29)31)14-5-8-19-16(9-14)21(25)28-30(19)23(32)33-24(2,3)4/h5-9H,1,11-12,27H2,2-4H3. The molecule has 0 spiro atoms. The van der Waals surface area contributed by atoms with Gasteiger partial charge < -0.3 is 15.4 Å². The molecule has 1 aliphatic heterocycles. The molecule has 0 fully saturated rings. The average molecular weight is 508 g/mol. The first-order chi connectivity index (χ1) is 15.5. The Morgan fingerprint density at radius 2 is 2.06 bits per heavy atom. The predicted octanol–water partition coefficient (Wildman–Crippen LogP) is 4.87. The summed E-state index contributed by atoms with van der Waals surface area (Å²) in [6.45, 7) is 9.54. The number of benzene rings is 2. The highest BCUT2D eigenvalue weighted by molar-refractivity contribution is 9.10. The van der Waals surface area contributed by atoms with Crippen molar-refractivity contribution in [2.45, 2.75) is 32.9 Å². The van der Waals surface area contributed by atoms with Crippen LogP contribution in [0.25, 0.3) is 22.0 Å². The summed E-state index contributed by atoms with van der Waals surface area (Å²) in [5.74, 6) is -0.222. The van der Waals surface area contributed by atoms with Crippen molar-refractivity contribution in [1.82, 2.24) is 14.7 Å². The fourth-order valence-corrected chi connectivity index (χ4v) is 4.34. The molecule has 0 saturated heterocycles. The second-order valence-electron chi connectivity index (χ2n) is 8.85. The van der Waals surface area contributed by atoms with Crippen LogP contribution in [-0.2, 0) is 11.3 Å². The van der Waals surface area contributed by atoms with E-state index >= 15 is 0 Å². The molecule has 1 aromatic heterocycles. The van der Waals surface area contributed by atoms with Crippen molar-refractivity contribution in [3.8, 4) is 17.2 Å². The third-order valence-corrected chi connectivity index (χ3v) is 5.83. The number of halogens is 1. The van der Waals surface area contributed by atoms with E-state index in [2.05, 4.69) is 27.6 Å². The van der Waals surface area contributed by atoms with Crippen LogP contribution in [0.3, 0.4) is 0 Å². The minimum atomic E-state index is -0.651. The average Bonchev–Trinajstić information content (AvgIpc) is 3.24. The SMILES string of the molecule is C=C(C#N)CN1Cc2c(-c3ccc4c(c3)c(Br)nn4C(=O)OC(C)(C)C)ccc(N)c2C1=O. The number of rotatable bonds is 3. The molecule has 2 heterocycles. The molecule has 2 N–H and O–H groups in total. The summed E-state index contributed by atoms with van der Waals surface area (Å²) < 4.78 is 7.18. The van der Waals surface area contributed by atoms with E-state index in [-0.39, 0.29) is 12.5 Å². The fraction of sp³-hybridized carbons (Fsp3) is 0.250. The van der Waals surface area contributed by atoms with Crippen LogP contribution in [0.4, 0.5) is 10.5 Å². The minimum absolute atomic E-state index is 0.149. The number of hydrogen-bond acceptors (Lipinski definition) is 6. The van der Waals surface area contributed by atoms with Gasteiger partial charge in [0, 0.05) is 23.2 Å². The minimum Gasteiger partial charge on any atom is -0.442 e. The lowest BCUT2D eigenvalue weighted by molar-refractivity contribution is 0.0522. The predicted molar refractivity (Wildman–Crippen MR) is 128 cm³/mol. The van der Waals surface area contributed by atoms with Gasteiger partial charge in [-0.1, -0.05) is 18.7 Å². The Bertz CT molecular complexity index is 1380. The zero-order valence-electron chi connectivity index (χ0n) is 18.5. The maximum absolute atomic E-state index is 12.9. The Hall–Kier alpha value is -3.64. The largest absolute Gasteiger partial charge is 0.442 e. The van der Waals surface area contributed by atoms with Gasteiger partial charge in [-0.05, 0) is 71.6 Å². The molecule has 168 valence electrons. The molecule has 0 saturated carbocycles. The number of aromatic nitrogens is 2. The van der Waals surface area contributed by atoms with Gasteiger partial charge in [0.1, 0.15) is 10.2 Å². The van der Waals surface area contributed by atoms with Crippen LogP contribution in [0.15, 0.2) is 47.1 Å². The molecule has 2 aromatic carbocycles. The zero-order valence-corrected chi connectivity index (χ0v) is 20.1. The summed E-state index contributed by atoms with van der Waals surface area (Å²) >= 11 is 3.44. The van der Waals surface area contributed by atoms with Crippen LogP contribution in [0, 0.1) is 11.3 Å². The van der Waals surface area contributed by atoms with E-state index in [9.17, 15) is 9.59 Å². The molecule has 0 aliphatic carbocycles. The highest BCUT2D eigenvalue weighted by Crippen LogP contribution is 2.38. The summed E-state index contributed by atoms with van der Waals surface area (Å²) in [7, 11) is 0. The monoisotopic (exact) mass is 507 g/mol. The Labute approximate surface area is 199 Å². The first-order valence-corrected chi connectivity index (χ1v) is 11.0. The number of carbonyl (C=O) groups excluding carboxylic acids is 2. The number of nitrogen functional groups attached to an aromatic ring is 1. The summed E-state index contributed by atoms with van der Waals surface area (Å²) in [4.78, 5) is 27.1. The summed E-state index contributed by atoms with van der Waals surface area (Å²) in [5.41, 5.74) is 9.69. The second-order valence-corrected chi connectivity index (χ2v) is 9.60. The van der Waals surface area contributed by atoms with Crippen molar-refractivity contribution in [3.05, 3.63) is 58.2 Å². The van der Waals surface area contributed by atoms with Gasteiger partial charge in [0.05, 0.1) is 23.7 Å². The van der Waals surface area contributed by atoms with Crippen LogP contribution in [0.1, 0.15) is 36.7 Å². The van der Waals surface area contributed by atoms with Crippen molar-refractivity contribution in [2.24, 2.45) is 0 Å². The fourth-order valence-electron chi connectivity index (χ4n) is 3.86. The molecule has 0 bridgehead atoms. The number of nitrogens with two attached hydrogens (primary N) is 1. The third-order valence-electron chi connectivity index (χ3n) is 5.25. The maximum Gasteiger partial charge on any atom is 0.435 e. The van der Waals surface area contributed by atoms with Crippen molar-refractivity contribution >= 4 is 44.5 Å². The third kappa shape index (κ3) is 4.10. The van der Waals surface area contributed by atoms with E-state index in [0.717, 1.165) is 22.1 Å². The van der Waals surface area contributed by atoms with E-state index in [1.54, 1.807) is 37.8 Å². The number of fused-ring (bicyclic) bond motifs is 2. The van der Waals surface area contributed by atoms with E-state index < -0.39 is 11.7 Å². The lowest BCUT2D eigenvalue weighted by Gasteiger charge is -2.19. The lowest BCUT2D eigenvalue weighted by Crippen LogP contribution is -2.27. The molecule has 0 unspecified atom stereocenters. The van der Waals surface area contributed by atoms with Crippen LogP contribution < -0.4 is 5.73 Å². The van der Waals surface area contributed by atoms with Gasteiger partial charge in [-0.25, -0.2) is 4.79 Å². The maximum atomic E-state index is 12.9. The molecule has 4 rings (SSSR count). The van der Waals surface area contributed by atoms with Gasteiger partial charge in [-0.3, -0.25) is 4.79 Å². The van der Waals surface area contributed by atoms with Gasteiger partial charge in [0.15, 0.2) is 0 Å². The van der Waals surface area contributed by atoms with Crippen LogP contribution in [0.5, 0.6) is 0 Å². The number of anilines is 1. The highest BCUT2D eigenvalue weighted by Gasteiger charge is 2.32. The topological polar surface area (TPSA) is 114 Å². The number of nitriles is 1. The Morgan fingerprint density at radius 3 is 2.73 bits per heavy atom. The molecular weight excluding hydrogens is 486 g/mol. The molecule has 1 aliphatic rings. The molecule has 1 amide bonds. The number of carbonyl (C=O) groups is 2. The highest BCUT2D eigenvalue weighted by atomic mass is 79.9. The Kier molecular flexibility index (Phi) is 5.50. The van der Waals surface area contributed by atoms with Crippen molar-refractivity contribution in [3.63, 3.8) is 0 Å². The smallest absolute Gasteiger partial charge is 0.435 e. The first kappa shape index (κ1) is 22.6. The first-order valence-electron chi connectivity index (χ1n) is 10.2. The van der Waals surface area contributed by atoms with Gasteiger partial charge in [-0.2, -0.15) is 15.0 Å². The molecule has 9 heteroatoms. The normalized spacial score (nSPS) is 13.2. The van der Waals surface area contributed by atoms with Crippen molar-refractivity contribution < 1.29 is 14.3 Å². The van der Waals surface area contributed by atoms with Gasteiger partial charge in [0.2, 0.25) is 0 Å². The van der Waals surface area contributed by atoms with Crippen LogP contribution in [0.2, 0.25) is 0 Å². The zero-order chi connectivity index (χ0) is 24.1. The summed E-state index contributed by atoms with van der Waals surface area (Å²) in [5, 5.41) is 14.1. The molecule has 8 nitrogen and oxygen atoms in total. The van der Waals surface area contributed by atoms with Crippen molar-refractivity contribution in [2.75, 3.05) is 12.3 Å². The lowest BCUT2D eigenvalue weighted by atomic mass is 9.95. The number of amides is 1. The second kappa shape index (κ2) is 8.05. The van der Waals surface area contributed by atoms with E-state index in [1.807, 2.05) is 24.3 Å². The summed E-state index contributed by atoms with van der Waals surface area (Å²) in [6, 6.07) is 11.1. The molecule has 33 heavy (non-hydrogen) atoms. The molecule has 0 radical (unpaired) electrons. The Balaban J connectivity index is 1.77. The number of ether oxygens (including phenoxy) is 1. The van der Waals surface area contributed by atoms with E-state index in [0.29, 0.717) is 33.5 Å². The van der Waals surface area contributed by atoms with Gasteiger partial charge in [0.25, 0.3) is 5.91 Å². The number of nitrogens with zero attached hydrogens (tertiary/aromatic N) is 4. The molecule has 3 aromatic rings. The quantitative estimate of drug-likeness (QED) is 0.399.